The number of unbranched alkanes of at least 4 members (excludes halogenated alkanes) is 9. The van der Waals surface area contributed by atoms with Crippen LogP contribution >= 0.6 is 10.3 Å². The van der Waals surface area contributed by atoms with E-state index in [1.807, 2.05) is 0 Å². The lowest BCUT2D eigenvalue weighted by Crippen LogP contribution is -2.12. The zero-order valence-electron chi connectivity index (χ0n) is 26.3. The van der Waals surface area contributed by atoms with Crippen molar-refractivity contribution < 1.29 is 8.98 Å². The fourth-order valence-corrected chi connectivity index (χ4v) is 8.55. The maximum atomic E-state index is 12.8. The van der Waals surface area contributed by atoms with Gasteiger partial charge in [-0.05, 0) is 102 Å². The molecule has 0 N–H and O–H groups in total. The lowest BCUT2D eigenvalue weighted by Gasteiger charge is -2.39. The molecule has 0 aromatic heterocycles. The summed E-state index contributed by atoms with van der Waals surface area (Å²) in [4.78, 5) is 16.0. The Hall–Kier alpha value is -2.52. The summed E-state index contributed by atoms with van der Waals surface area (Å²) in [6, 6.07) is 26.8. The van der Waals surface area contributed by atoms with E-state index in [2.05, 4.69) is 93.6 Å². The van der Waals surface area contributed by atoms with E-state index >= 15 is 0 Å². The van der Waals surface area contributed by atoms with Gasteiger partial charge in [0.25, 0.3) is 0 Å². The van der Waals surface area contributed by atoms with Crippen LogP contribution in [0.15, 0.2) is 87.5 Å². The van der Waals surface area contributed by atoms with Crippen LogP contribution in [0.1, 0.15) is 121 Å². The number of carbonyl (C=O) groups is 1. The molecule has 0 saturated carbocycles. The molecule has 3 aromatic rings. The van der Waals surface area contributed by atoms with Crippen LogP contribution in [0, 0.1) is 0 Å². The molecule has 224 valence electrons. The molecule has 0 radical (unpaired) electrons. The SMILES string of the molecule is CCCCCCc1ccc(S(OC(C)=O)(c2ccc(CCCCCC)cc2)c2ccc(CCCCCC)cc2)cc1. The van der Waals surface area contributed by atoms with Crippen LogP contribution in [0.3, 0.4) is 0 Å². The van der Waals surface area contributed by atoms with Gasteiger partial charge in [0.05, 0.1) is 0 Å². The second-order valence-electron chi connectivity index (χ2n) is 11.5. The number of hydrogen-bond acceptors (Lipinski definition) is 2. The van der Waals surface area contributed by atoms with Gasteiger partial charge in [0.1, 0.15) is 0 Å². The van der Waals surface area contributed by atoms with Crippen LogP contribution in [-0.4, -0.2) is 5.97 Å². The molecule has 0 spiro atoms. The highest BCUT2D eigenvalue weighted by Crippen LogP contribution is 2.69. The van der Waals surface area contributed by atoms with E-state index in [0.29, 0.717) is 0 Å². The van der Waals surface area contributed by atoms with E-state index in [0.717, 1.165) is 33.9 Å². The van der Waals surface area contributed by atoms with Crippen LogP contribution in [0.4, 0.5) is 0 Å². The minimum atomic E-state index is -2.22. The fourth-order valence-electron chi connectivity index (χ4n) is 5.54. The first-order valence-corrected chi connectivity index (χ1v) is 17.9. The van der Waals surface area contributed by atoms with Crippen molar-refractivity contribution in [1.29, 1.82) is 0 Å². The molecule has 0 heterocycles. The van der Waals surface area contributed by atoms with Crippen LogP contribution in [0.2, 0.25) is 0 Å². The van der Waals surface area contributed by atoms with Gasteiger partial charge in [0, 0.05) is 21.6 Å². The number of hydrogen-bond donors (Lipinski definition) is 0. The lowest BCUT2D eigenvalue weighted by atomic mass is 10.1. The maximum Gasteiger partial charge on any atom is 0.313 e. The molecule has 3 heteroatoms. The second kappa shape index (κ2) is 18.1. The maximum absolute atomic E-state index is 12.8. The van der Waals surface area contributed by atoms with Crippen LogP contribution in [0.5, 0.6) is 0 Å². The van der Waals surface area contributed by atoms with E-state index in [9.17, 15) is 4.79 Å². The number of carbonyl (C=O) groups excluding carboxylic acids is 1. The molecular formula is C38H54O2S. The number of rotatable bonds is 19. The normalized spacial score (nSPS) is 11.9. The first-order chi connectivity index (χ1) is 20.0. The highest BCUT2D eigenvalue weighted by Gasteiger charge is 2.35. The Morgan fingerprint density at radius 2 is 0.780 bits per heavy atom. The van der Waals surface area contributed by atoms with Crippen molar-refractivity contribution in [3.05, 3.63) is 89.5 Å². The molecule has 0 amide bonds. The zero-order chi connectivity index (χ0) is 29.3. The smallest absolute Gasteiger partial charge is 0.313 e. The Bertz CT molecular complexity index is 998. The van der Waals surface area contributed by atoms with E-state index < -0.39 is 10.3 Å². The highest BCUT2D eigenvalue weighted by molar-refractivity contribution is 8.30. The summed E-state index contributed by atoms with van der Waals surface area (Å²) in [5.41, 5.74) is 4.06. The minimum Gasteiger partial charge on any atom is -0.402 e. The quantitative estimate of drug-likeness (QED) is 0.133. The molecule has 0 aliphatic heterocycles. The van der Waals surface area contributed by atoms with Crippen LogP contribution in [-0.2, 0) is 28.2 Å². The van der Waals surface area contributed by atoms with Gasteiger partial charge in [-0.1, -0.05) is 115 Å². The lowest BCUT2D eigenvalue weighted by molar-refractivity contribution is -0.131. The Morgan fingerprint density at radius 3 is 1.02 bits per heavy atom. The van der Waals surface area contributed by atoms with E-state index in [1.54, 1.807) is 6.92 Å². The van der Waals surface area contributed by atoms with Gasteiger partial charge >= 0.3 is 5.97 Å². The van der Waals surface area contributed by atoms with Gasteiger partial charge < -0.3 is 4.18 Å². The second-order valence-corrected chi connectivity index (χ2v) is 14.2. The molecule has 41 heavy (non-hydrogen) atoms. The third-order valence-corrected chi connectivity index (χ3v) is 11.3. The summed E-state index contributed by atoms with van der Waals surface area (Å²) in [7, 11) is -2.22. The zero-order valence-corrected chi connectivity index (χ0v) is 27.1. The molecular weight excluding hydrogens is 520 g/mol. The molecule has 0 atom stereocenters. The molecule has 0 unspecified atom stereocenters. The average molecular weight is 575 g/mol. The van der Waals surface area contributed by atoms with E-state index in [1.165, 1.54) is 93.7 Å². The Balaban J connectivity index is 1.98. The summed E-state index contributed by atoms with van der Waals surface area (Å²) in [6.45, 7) is 8.31. The van der Waals surface area contributed by atoms with Gasteiger partial charge in [0.15, 0.2) is 0 Å². The van der Waals surface area contributed by atoms with Crippen molar-refractivity contribution in [3.63, 3.8) is 0 Å². The van der Waals surface area contributed by atoms with Gasteiger partial charge in [-0.3, -0.25) is 4.79 Å². The predicted octanol–water partition coefficient (Wildman–Crippen LogP) is 11.8. The molecule has 0 aliphatic carbocycles. The molecule has 3 aromatic carbocycles. The third kappa shape index (κ3) is 10.1. The largest absolute Gasteiger partial charge is 0.402 e. The monoisotopic (exact) mass is 574 g/mol. The first kappa shape index (κ1) is 33.0. The van der Waals surface area contributed by atoms with Gasteiger partial charge in [-0.15, -0.1) is 0 Å². The van der Waals surface area contributed by atoms with Crippen molar-refractivity contribution in [2.75, 3.05) is 0 Å². The van der Waals surface area contributed by atoms with Crippen LogP contribution < -0.4 is 0 Å². The Kier molecular flexibility index (Phi) is 14.6. The molecule has 0 fully saturated rings. The molecule has 0 bridgehead atoms. The third-order valence-electron chi connectivity index (χ3n) is 7.97. The van der Waals surface area contributed by atoms with Gasteiger partial charge in [0.2, 0.25) is 0 Å². The summed E-state index contributed by atoms with van der Waals surface area (Å²) >= 11 is 0. The fraction of sp³-hybridized carbons (Fsp3) is 0.500. The Labute approximate surface area is 252 Å². The summed E-state index contributed by atoms with van der Waals surface area (Å²) in [6.07, 6.45) is 18.4. The molecule has 0 aliphatic rings. The topological polar surface area (TPSA) is 26.3 Å². The predicted molar refractivity (Wildman–Crippen MR) is 177 cm³/mol. The summed E-state index contributed by atoms with van der Waals surface area (Å²) in [5, 5.41) is 0. The molecule has 0 saturated heterocycles. The number of benzene rings is 3. The molecule has 2 nitrogen and oxygen atoms in total. The van der Waals surface area contributed by atoms with E-state index in [-0.39, 0.29) is 5.97 Å². The highest BCUT2D eigenvalue weighted by atomic mass is 32.3. The average Bonchev–Trinajstić information content (AvgIpc) is 2.99. The summed E-state index contributed by atoms with van der Waals surface area (Å²) < 4.78 is 6.50. The molecule has 3 rings (SSSR count). The van der Waals surface area contributed by atoms with Crippen LogP contribution in [0.25, 0.3) is 0 Å². The standard InChI is InChI=1S/C38H54O2S/c1-5-8-11-14-17-33-20-26-36(27-21-33)41(40-32(4)39,37-28-22-34(23-29-37)18-15-12-9-6-2)38-30-24-35(25-31-38)19-16-13-10-7-3/h20-31H,5-19H2,1-4H3. The van der Waals surface area contributed by atoms with Crippen molar-refractivity contribution in [3.8, 4) is 0 Å². The van der Waals surface area contributed by atoms with E-state index in [4.69, 9.17) is 4.18 Å². The van der Waals surface area contributed by atoms with Crippen molar-refractivity contribution in [1.82, 2.24) is 0 Å². The van der Waals surface area contributed by atoms with Gasteiger partial charge in [-0.25, -0.2) is 0 Å². The van der Waals surface area contributed by atoms with Crippen molar-refractivity contribution in [2.45, 2.75) is 139 Å². The first-order valence-electron chi connectivity index (χ1n) is 16.3. The van der Waals surface area contributed by atoms with Gasteiger partial charge in [-0.2, -0.15) is 0 Å². The van der Waals surface area contributed by atoms with Crippen molar-refractivity contribution >= 4 is 16.3 Å². The van der Waals surface area contributed by atoms with Crippen molar-refractivity contribution in [2.24, 2.45) is 0 Å². The number of aryl methyl sites for hydroxylation is 3. The summed E-state index contributed by atoms with van der Waals surface area (Å²) in [5.74, 6) is -0.240. The minimum absolute atomic E-state index is 0.240. The Morgan fingerprint density at radius 1 is 0.488 bits per heavy atom.